The van der Waals surface area contributed by atoms with Gasteiger partial charge in [0.25, 0.3) is 0 Å². The number of unbranched alkanes of at least 4 members (excludes halogenated alkanes) is 1. The van der Waals surface area contributed by atoms with E-state index in [2.05, 4.69) is 0 Å². The Bertz CT molecular complexity index is 468. The summed E-state index contributed by atoms with van der Waals surface area (Å²) in [4.78, 5) is 50.8. The molecule has 26 heavy (non-hydrogen) atoms. The van der Waals surface area contributed by atoms with Crippen LogP contribution in [0.25, 0.3) is 0 Å². The Morgan fingerprint density at radius 1 is 0.577 bits per heavy atom. The molecule has 0 aliphatic rings. The van der Waals surface area contributed by atoms with Crippen LogP contribution in [0.2, 0.25) is 0 Å². The molecule has 8 heteroatoms. The molecule has 2 N–H and O–H groups in total. The Hall–Kier alpha value is -1.96. The highest BCUT2D eigenvalue weighted by Crippen LogP contribution is 2.03. The molecule has 0 unspecified atom stereocenters. The van der Waals surface area contributed by atoms with Crippen LogP contribution in [-0.4, -0.2) is 77.6 Å². The van der Waals surface area contributed by atoms with Gasteiger partial charge in [0, 0.05) is 60.4 Å². The summed E-state index contributed by atoms with van der Waals surface area (Å²) in [6, 6.07) is 0. The Morgan fingerprint density at radius 2 is 0.962 bits per heavy atom. The predicted molar refractivity (Wildman–Crippen MR) is 100 cm³/mol. The molecule has 0 saturated heterocycles. The number of rotatable bonds is 12. The summed E-state index contributed by atoms with van der Waals surface area (Å²) in [5.74, 6) is -0.563. The Kier molecular flexibility index (Phi) is 12.3. The van der Waals surface area contributed by atoms with Gasteiger partial charge in [-0.05, 0) is 32.2 Å². The SMILES string of the molecule is CC(=O)N(CCCN)CCCCN(CCCN(C(C)=O)C(C)=O)C(C)=O. The second-order valence-corrected chi connectivity index (χ2v) is 6.40. The van der Waals surface area contributed by atoms with Crippen LogP contribution >= 0.6 is 0 Å². The Labute approximate surface area is 156 Å². The van der Waals surface area contributed by atoms with Crippen molar-refractivity contribution >= 4 is 23.6 Å². The van der Waals surface area contributed by atoms with E-state index in [0.29, 0.717) is 45.7 Å². The average Bonchev–Trinajstić information content (AvgIpc) is 2.54. The van der Waals surface area contributed by atoms with Crippen LogP contribution in [0.3, 0.4) is 0 Å². The third kappa shape index (κ3) is 10.1. The van der Waals surface area contributed by atoms with Gasteiger partial charge in [0.2, 0.25) is 23.6 Å². The third-order valence-corrected chi connectivity index (χ3v) is 4.20. The zero-order valence-corrected chi connectivity index (χ0v) is 16.6. The van der Waals surface area contributed by atoms with Gasteiger partial charge >= 0.3 is 0 Å². The fraction of sp³-hybridized carbons (Fsp3) is 0.778. The number of nitrogens with two attached hydrogens (primary N) is 1. The standard InChI is InChI=1S/C18H34N4O4/c1-15(23)20(12-7-9-19)10-5-6-11-21(16(2)24)13-8-14-22(17(3)25)18(4)26/h5-14,19H2,1-4H3. The highest BCUT2D eigenvalue weighted by Gasteiger charge is 2.15. The molecule has 0 saturated carbocycles. The minimum atomic E-state index is -0.284. The molecule has 0 aliphatic heterocycles. The van der Waals surface area contributed by atoms with Gasteiger partial charge in [-0.2, -0.15) is 0 Å². The number of imide groups is 1. The van der Waals surface area contributed by atoms with E-state index in [1.165, 1.54) is 25.7 Å². The summed E-state index contributed by atoms with van der Waals surface area (Å²) in [7, 11) is 0. The van der Waals surface area contributed by atoms with Crippen molar-refractivity contribution in [1.82, 2.24) is 14.7 Å². The number of amides is 4. The van der Waals surface area contributed by atoms with Gasteiger partial charge in [-0.1, -0.05) is 0 Å². The van der Waals surface area contributed by atoms with Crippen LogP contribution in [0, 0.1) is 0 Å². The van der Waals surface area contributed by atoms with E-state index in [1.807, 2.05) is 0 Å². The molecule has 0 spiro atoms. The highest BCUT2D eigenvalue weighted by molar-refractivity contribution is 5.92. The quantitative estimate of drug-likeness (QED) is 0.507. The molecule has 4 amide bonds. The smallest absolute Gasteiger partial charge is 0.226 e. The molecule has 0 fully saturated rings. The summed E-state index contributed by atoms with van der Waals surface area (Å²) < 4.78 is 0. The van der Waals surface area contributed by atoms with Crippen molar-refractivity contribution in [2.45, 2.75) is 53.4 Å². The Morgan fingerprint density at radius 3 is 1.31 bits per heavy atom. The minimum Gasteiger partial charge on any atom is -0.343 e. The molecule has 0 bridgehead atoms. The van der Waals surface area contributed by atoms with E-state index in [0.717, 1.165) is 19.3 Å². The van der Waals surface area contributed by atoms with E-state index in [9.17, 15) is 19.2 Å². The van der Waals surface area contributed by atoms with Crippen LogP contribution in [0.15, 0.2) is 0 Å². The summed E-state index contributed by atoms with van der Waals surface area (Å²) in [6.45, 7) is 9.05. The summed E-state index contributed by atoms with van der Waals surface area (Å²) in [6.07, 6.45) is 2.92. The van der Waals surface area contributed by atoms with E-state index in [4.69, 9.17) is 5.73 Å². The van der Waals surface area contributed by atoms with Gasteiger partial charge in [0.05, 0.1) is 0 Å². The van der Waals surface area contributed by atoms with Crippen molar-refractivity contribution in [2.24, 2.45) is 5.73 Å². The summed E-state index contributed by atoms with van der Waals surface area (Å²) in [5, 5.41) is 0. The second kappa shape index (κ2) is 13.3. The molecule has 0 heterocycles. The van der Waals surface area contributed by atoms with Gasteiger partial charge in [0.1, 0.15) is 0 Å². The molecular weight excluding hydrogens is 336 g/mol. The third-order valence-electron chi connectivity index (χ3n) is 4.20. The van der Waals surface area contributed by atoms with E-state index >= 15 is 0 Å². The molecule has 0 rings (SSSR count). The molecule has 8 nitrogen and oxygen atoms in total. The predicted octanol–water partition coefficient (Wildman–Crippen LogP) is 0.598. The first-order valence-corrected chi connectivity index (χ1v) is 9.20. The molecule has 0 aliphatic carbocycles. The molecule has 0 aromatic carbocycles. The van der Waals surface area contributed by atoms with Gasteiger partial charge in [-0.3, -0.25) is 24.1 Å². The molecule has 0 atom stereocenters. The maximum atomic E-state index is 11.8. The van der Waals surface area contributed by atoms with Crippen molar-refractivity contribution in [1.29, 1.82) is 0 Å². The highest BCUT2D eigenvalue weighted by atomic mass is 16.2. The van der Waals surface area contributed by atoms with Gasteiger partial charge in [-0.25, -0.2) is 0 Å². The normalized spacial score (nSPS) is 10.3. The van der Waals surface area contributed by atoms with Crippen molar-refractivity contribution in [3.05, 3.63) is 0 Å². The fourth-order valence-corrected chi connectivity index (χ4v) is 2.70. The summed E-state index contributed by atoms with van der Waals surface area (Å²) in [5.41, 5.74) is 5.48. The monoisotopic (exact) mass is 370 g/mol. The lowest BCUT2D eigenvalue weighted by Crippen LogP contribution is -2.37. The first-order valence-electron chi connectivity index (χ1n) is 9.20. The second-order valence-electron chi connectivity index (χ2n) is 6.40. The number of carbonyl (C=O) groups is 4. The lowest BCUT2D eigenvalue weighted by molar-refractivity contribution is -0.142. The molecular formula is C18H34N4O4. The van der Waals surface area contributed by atoms with Gasteiger partial charge < -0.3 is 15.5 Å². The molecule has 0 aromatic rings. The van der Waals surface area contributed by atoms with Gasteiger partial charge in [-0.15, -0.1) is 0 Å². The molecule has 0 aromatic heterocycles. The zero-order chi connectivity index (χ0) is 20.1. The average molecular weight is 370 g/mol. The van der Waals surface area contributed by atoms with Crippen LogP contribution in [0.4, 0.5) is 0 Å². The van der Waals surface area contributed by atoms with E-state index in [1.54, 1.807) is 16.7 Å². The summed E-state index contributed by atoms with van der Waals surface area (Å²) >= 11 is 0. The lowest BCUT2D eigenvalue weighted by atomic mass is 10.2. The Balaban J connectivity index is 4.27. The molecule has 150 valence electrons. The van der Waals surface area contributed by atoms with Crippen molar-refractivity contribution in [3.63, 3.8) is 0 Å². The number of hydrogen-bond acceptors (Lipinski definition) is 5. The van der Waals surface area contributed by atoms with E-state index < -0.39 is 0 Å². The van der Waals surface area contributed by atoms with E-state index in [-0.39, 0.29) is 23.6 Å². The fourth-order valence-electron chi connectivity index (χ4n) is 2.70. The maximum absolute atomic E-state index is 11.8. The number of carbonyl (C=O) groups excluding carboxylic acids is 4. The number of nitrogens with zero attached hydrogens (tertiary/aromatic N) is 3. The van der Waals surface area contributed by atoms with Crippen molar-refractivity contribution in [3.8, 4) is 0 Å². The topological polar surface area (TPSA) is 104 Å². The lowest BCUT2D eigenvalue weighted by Gasteiger charge is -2.24. The maximum Gasteiger partial charge on any atom is 0.226 e. The first-order chi connectivity index (χ1) is 12.2. The first kappa shape index (κ1) is 24.0. The van der Waals surface area contributed by atoms with Crippen LogP contribution in [-0.2, 0) is 19.2 Å². The van der Waals surface area contributed by atoms with Crippen LogP contribution in [0.5, 0.6) is 0 Å². The van der Waals surface area contributed by atoms with Gasteiger partial charge in [0.15, 0.2) is 0 Å². The largest absolute Gasteiger partial charge is 0.343 e. The number of hydrogen-bond donors (Lipinski definition) is 1. The molecule has 0 radical (unpaired) electrons. The van der Waals surface area contributed by atoms with Crippen molar-refractivity contribution in [2.75, 3.05) is 39.3 Å². The van der Waals surface area contributed by atoms with Crippen LogP contribution < -0.4 is 5.73 Å². The zero-order valence-electron chi connectivity index (χ0n) is 16.6. The van der Waals surface area contributed by atoms with Crippen molar-refractivity contribution < 1.29 is 19.2 Å². The van der Waals surface area contributed by atoms with Crippen LogP contribution in [0.1, 0.15) is 53.4 Å². The minimum absolute atomic E-state index is 0.0336.